The molecule has 0 N–H and O–H groups in total. The van der Waals surface area contributed by atoms with Crippen LogP contribution in [0.25, 0.3) is 11.1 Å². The minimum Gasteiger partial charge on any atom is -0.442 e. The molecule has 7 nitrogen and oxygen atoms in total. The van der Waals surface area contributed by atoms with E-state index < -0.39 is 0 Å². The molecule has 0 unspecified atom stereocenters. The third-order valence-corrected chi connectivity index (χ3v) is 6.17. The van der Waals surface area contributed by atoms with E-state index in [-0.39, 0.29) is 11.4 Å². The number of carbonyl (C=O) groups is 1. The van der Waals surface area contributed by atoms with Crippen LogP contribution < -0.4 is 8.01 Å². The highest BCUT2D eigenvalue weighted by atomic mass is 127. The smallest absolute Gasteiger partial charge is 0.272 e. The topological polar surface area (TPSA) is 75.4 Å². The van der Waals surface area contributed by atoms with Crippen molar-refractivity contribution < 1.29 is 9.21 Å². The van der Waals surface area contributed by atoms with Crippen LogP contribution in [0.1, 0.15) is 41.4 Å². The van der Waals surface area contributed by atoms with Crippen molar-refractivity contribution in [2.75, 3.05) is 15.1 Å². The molecule has 1 aliphatic carbocycles. The van der Waals surface area contributed by atoms with E-state index in [0.29, 0.717) is 28.2 Å². The zero-order valence-electron chi connectivity index (χ0n) is 15.7. The van der Waals surface area contributed by atoms with Crippen molar-refractivity contribution in [3.8, 4) is 0 Å². The van der Waals surface area contributed by atoms with E-state index in [1.165, 1.54) is 9.44 Å². The van der Waals surface area contributed by atoms with Gasteiger partial charge < -0.3 is 9.32 Å². The molecule has 1 amide bonds. The van der Waals surface area contributed by atoms with Gasteiger partial charge in [-0.2, -0.15) is 0 Å². The summed E-state index contributed by atoms with van der Waals surface area (Å²) in [6.45, 7) is 5.93. The summed E-state index contributed by atoms with van der Waals surface area (Å²) in [5.74, 6) is 1.62. The van der Waals surface area contributed by atoms with Crippen molar-refractivity contribution in [2.45, 2.75) is 39.2 Å². The second-order valence-electron chi connectivity index (χ2n) is 7.25. The SMILES string of the molecule is Cc1ccc(N(I)C(=O)c2c(C)oc3ncnc(N(C)C4(C)CC4)c23)nc1. The van der Waals surface area contributed by atoms with Crippen LogP contribution in [0.4, 0.5) is 11.6 Å². The summed E-state index contributed by atoms with van der Waals surface area (Å²) in [5.41, 5.74) is 2.01. The van der Waals surface area contributed by atoms with Gasteiger partial charge in [-0.1, -0.05) is 6.07 Å². The van der Waals surface area contributed by atoms with Crippen LogP contribution in [-0.2, 0) is 0 Å². The lowest BCUT2D eigenvalue weighted by molar-refractivity contribution is 0.101. The van der Waals surface area contributed by atoms with Crippen LogP contribution in [0, 0.1) is 13.8 Å². The van der Waals surface area contributed by atoms with E-state index in [1.807, 2.05) is 49.0 Å². The molecule has 8 heteroatoms. The number of amides is 1. The van der Waals surface area contributed by atoms with Gasteiger partial charge in [-0.05, 0) is 45.2 Å². The van der Waals surface area contributed by atoms with E-state index in [9.17, 15) is 4.79 Å². The van der Waals surface area contributed by atoms with E-state index >= 15 is 0 Å². The number of carbonyl (C=O) groups excluding carboxylic acids is 1. The Morgan fingerprint density at radius 1 is 1.22 bits per heavy atom. The van der Waals surface area contributed by atoms with Crippen molar-refractivity contribution in [3.63, 3.8) is 0 Å². The van der Waals surface area contributed by atoms with Gasteiger partial charge in [0.25, 0.3) is 5.91 Å². The predicted molar refractivity (Wildman–Crippen MR) is 112 cm³/mol. The van der Waals surface area contributed by atoms with Gasteiger partial charge in [0.2, 0.25) is 5.71 Å². The minimum absolute atomic E-state index is 0.0648. The fraction of sp³-hybridized carbons (Fsp3) is 0.368. The van der Waals surface area contributed by atoms with Gasteiger partial charge in [0.05, 0.1) is 33.8 Å². The Morgan fingerprint density at radius 2 is 1.96 bits per heavy atom. The maximum absolute atomic E-state index is 13.3. The number of aryl methyl sites for hydroxylation is 2. The van der Waals surface area contributed by atoms with Crippen LogP contribution in [0.5, 0.6) is 0 Å². The van der Waals surface area contributed by atoms with Gasteiger partial charge in [0, 0.05) is 18.8 Å². The molecule has 4 rings (SSSR count). The molecule has 0 atom stereocenters. The molecule has 0 aliphatic heterocycles. The molecule has 0 radical (unpaired) electrons. The van der Waals surface area contributed by atoms with Gasteiger partial charge in [0.1, 0.15) is 23.7 Å². The maximum Gasteiger partial charge on any atom is 0.272 e. The molecule has 0 spiro atoms. The average molecular weight is 477 g/mol. The van der Waals surface area contributed by atoms with Crippen molar-refractivity contribution in [2.24, 2.45) is 0 Å². The third kappa shape index (κ3) is 3.05. The Kier molecular flexibility index (Phi) is 4.32. The lowest BCUT2D eigenvalue weighted by Gasteiger charge is -2.26. The lowest BCUT2D eigenvalue weighted by atomic mass is 10.1. The fourth-order valence-corrected chi connectivity index (χ4v) is 3.62. The quantitative estimate of drug-likeness (QED) is 0.414. The Balaban J connectivity index is 1.82. The molecular formula is C19H20IN5O2. The van der Waals surface area contributed by atoms with Crippen LogP contribution in [0.3, 0.4) is 0 Å². The van der Waals surface area contributed by atoms with Crippen LogP contribution in [0.15, 0.2) is 29.1 Å². The highest BCUT2D eigenvalue weighted by Gasteiger charge is 2.43. The maximum atomic E-state index is 13.3. The Morgan fingerprint density at radius 3 is 2.59 bits per heavy atom. The van der Waals surface area contributed by atoms with E-state index in [4.69, 9.17) is 4.42 Å². The first kappa shape index (κ1) is 18.1. The number of halogens is 1. The van der Waals surface area contributed by atoms with Crippen molar-refractivity contribution >= 4 is 51.5 Å². The number of anilines is 2. The van der Waals surface area contributed by atoms with Gasteiger partial charge in [-0.15, -0.1) is 0 Å². The summed E-state index contributed by atoms with van der Waals surface area (Å²) >= 11 is 1.98. The van der Waals surface area contributed by atoms with Gasteiger partial charge >= 0.3 is 0 Å². The number of nitrogens with zero attached hydrogens (tertiary/aromatic N) is 5. The van der Waals surface area contributed by atoms with Crippen molar-refractivity contribution in [1.29, 1.82) is 0 Å². The second-order valence-corrected chi connectivity index (χ2v) is 8.21. The number of pyridine rings is 1. The van der Waals surface area contributed by atoms with Gasteiger partial charge in [0.15, 0.2) is 0 Å². The second kappa shape index (κ2) is 6.43. The lowest BCUT2D eigenvalue weighted by Crippen LogP contribution is -2.32. The summed E-state index contributed by atoms with van der Waals surface area (Å²) in [6, 6.07) is 3.75. The summed E-state index contributed by atoms with van der Waals surface area (Å²) in [7, 11) is 2.01. The molecule has 0 aromatic carbocycles. The summed E-state index contributed by atoms with van der Waals surface area (Å²) in [4.78, 5) is 28.5. The fourth-order valence-electron chi connectivity index (χ4n) is 3.09. The zero-order valence-corrected chi connectivity index (χ0v) is 17.8. The summed E-state index contributed by atoms with van der Waals surface area (Å²) in [6.07, 6.45) is 5.42. The molecule has 0 saturated heterocycles. The Labute approximate surface area is 171 Å². The van der Waals surface area contributed by atoms with E-state index in [0.717, 1.165) is 24.2 Å². The van der Waals surface area contributed by atoms with Crippen molar-refractivity contribution in [3.05, 3.63) is 41.5 Å². The molecule has 27 heavy (non-hydrogen) atoms. The number of furan rings is 1. The summed E-state index contributed by atoms with van der Waals surface area (Å²) in [5, 5.41) is 0.657. The molecule has 1 aliphatic rings. The Bertz CT molecular complexity index is 1030. The number of aromatic nitrogens is 3. The monoisotopic (exact) mass is 477 g/mol. The van der Waals surface area contributed by atoms with Crippen LogP contribution >= 0.6 is 22.9 Å². The first-order chi connectivity index (χ1) is 12.8. The van der Waals surface area contributed by atoms with E-state index in [1.54, 1.807) is 13.1 Å². The molecular weight excluding hydrogens is 457 g/mol. The van der Waals surface area contributed by atoms with Crippen molar-refractivity contribution in [1.82, 2.24) is 15.0 Å². The molecule has 1 saturated carbocycles. The summed E-state index contributed by atoms with van der Waals surface area (Å²) < 4.78 is 7.30. The molecule has 3 heterocycles. The first-order valence-electron chi connectivity index (χ1n) is 8.72. The Hall–Kier alpha value is -2.23. The minimum atomic E-state index is -0.200. The molecule has 1 fully saturated rings. The first-order valence-corrected chi connectivity index (χ1v) is 9.69. The highest BCUT2D eigenvalue weighted by Crippen LogP contribution is 2.44. The predicted octanol–water partition coefficient (Wildman–Crippen LogP) is 4.22. The molecule has 140 valence electrons. The van der Waals surface area contributed by atoms with Gasteiger partial charge in [-0.25, -0.2) is 18.1 Å². The standard InChI is InChI=1S/C19H20IN5O2/c1-11-5-6-13(21-9-11)25(20)18(26)14-12(2)27-17-15(14)16(22-10-23-17)24(4)19(3)7-8-19/h5-6,9-10H,7-8H2,1-4H3. The highest BCUT2D eigenvalue weighted by molar-refractivity contribution is 14.1. The van der Waals surface area contributed by atoms with E-state index in [2.05, 4.69) is 26.8 Å². The number of hydrogen-bond donors (Lipinski definition) is 0. The number of hydrogen-bond acceptors (Lipinski definition) is 6. The molecule has 0 bridgehead atoms. The largest absolute Gasteiger partial charge is 0.442 e. The van der Waals surface area contributed by atoms with Gasteiger partial charge in [-0.3, -0.25) is 4.79 Å². The average Bonchev–Trinajstić information content (AvgIpc) is 3.31. The van der Waals surface area contributed by atoms with Crippen LogP contribution in [-0.4, -0.2) is 33.4 Å². The molecule has 3 aromatic rings. The normalized spacial score (nSPS) is 15.0. The number of fused-ring (bicyclic) bond motifs is 1. The van der Waals surface area contributed by atoms with Crippen LogP contribution in [0.2, 0.25) is 0 Å². The number of rotatable bonds is 4. The third-order valence-electron chi connectivity index (χ3n) is 5.23. The molecule has 3 aromatic heterocycles. The zero-order chi connectivity index (χ0) is 19.3.